The summed E-state index contributed by atoms with van der Waals surface area (Å²) < 4.78 is 37.7. The molecule has 0 bridgehead atoms. The van der Waals surface area contributed by atoms with E-state index in [1.54, 1.807) is 0 Å². The smallest absolute Gasteiger partial charge is 0.416 e. The van der Waals surface area contributed by atoms with Gasteiger partial charge < -0.3 is 15.7 Å². The molecule has 0 aromatic heterocycles. The summed E-state index contributed by atoms with van der Waals surface area (Å²) >= 11 is 0. The Balaban J connectivity index is 2.87. The number of rotatable bonds is 5. The Hall–Kier alpha value is -3.02. The van der Waals surface area contributed by atoms with Crippen molar-refractivity contribution in [3.8, 4) is 6.07 Å². The van der Waals surface area contributed by atoms with Crippen molar-refractivity contribution >= 4 is 17.6 Å². The summed E-state index contributed by atoms with van der Waals surface area (Å²) in [6.45, 7) is 1.20. The number of nitrogens with zero attached hydrogens (tertiary/aromatic N) is 1. The van der Waals surface area contributed by atoms with Crippen LogP contribution in [-0.2, 0) is 15.8 Å². The van der Waals surface area contributed by atoms with E-state index in [1.807, 2.05) is 0 Å². The lowest BCUT2D eigenvalue weighted by Gasteiger charge is -2.10. The van der Waals surface area contributed by atoms with E-state index in [0.29, 0.717) is 0 Å². The van der Waals surface area contributed by atoms with Gasteiger partial charge in [-0.2, -0.15) is 18.4 Å². The summed E-state index contributed by atoms with van der Waals surface area (Å²) in [4.78, 5) is 22.3. The minimum absolute atomic E-state index is 0.0201. The van der Waals surface area contributed by atoms with Gasteiger partial charge in [-0.05, 0) is 25.1 Å². The quantitative estimate of drug-likeness (QED) is 0.568. The number of amides is 1. The first-order valence-electron chi connectivity index (χ1n) is 6.23. The van der Waals surface area contributed by atoms with Crippen LogP contribution in [0.5, 0.6) is 0 Å². The molecule has 1 aromatic carbocycles. The van der Waals surface area contributed by atoms with Crippen LogP contribution in [0.25, 0.3) is 0 Å². The monoisotopic (exact) mass is 327 g/mol. The number of carbonyl (C=O) groups is 2. The van der Waals surface area contributed by atoms with Crippen molar-refractivity contribution in [2.24, 2.45) is 0 Å². The summed E-state index contributed by atoms with van der Waals surface area (Å²) in [6, 6.07) is 4.49. The van der Waals surface area contributed by atoms with E-state index in [4.69, 9.17) is 10.4 Å². The second-order valence-corrected chi connectivity index (χ2v) is 4.43. The fraction of sp³-hybridized carbons (Fsp3) is 0.214. The number of hydrogen-bond donors (Lipinski definition) is 3. The Morgan fingerprint density at radius 3 is 2.57 bits per heavy atom. The predicted octanol–water partition coefficient (Wildman–Crippen LogP) is 2.11. The number of nitriles is 1. The molecule has 0 saturated carbocycles. The molecule has 0 spiro atoms. The second kappa shape index (κ2) is 7.31. The number of nitrogens with one attached hydrogen (secondary N) is 2. The highest BCUT2D eigenvalue weighted by Gasteiger charge is 2.30. The van der Waals surface area contributed by atoms with Gasteiger partial charge in [0.1, 0.15) is 17.7 Å². The van der Waals surface area contributed by atoms with Gasteiger partial charge in [0.25, 0.3) is 5.91 Å². The number of alkyl halides is 3. The molecule has 0 aliphatic heterocycles. The Morgan fingerprint density at radius 2 is 2.04 bits per heavy atom. The zero-order valence-corrected chi connectivity index (χ0v) is 11.8. The SMILES string of the molecule is CC(NC(=O)/C(C#N)=C\Nc1cccc(C(F)(F)F)c1)C(=O)O. The van der Waals surface area contributed by atoms with E-state index >= 15 is 0 Å². The molecule has 3 N–H and O–H groups in total. The Morgan fingerprint density at radius 1 is 1.39 bits per heavy atom. The van der Waals surface area contributed by atoms with E-state index in [-0.39, 0.29) is 5.69 Å². The van der Waals surface area contributed by atoms with Crippen LogP contribution in [0.1, 0.15) is 12.5 Å². The number of carboxylic acids is 1. The van der Waals surface area contributed by atoms with E-state index in [9.17, 15) is 22.8 Å². The number of benzene rings is 1. The molecule has 0 fully saturated rings. The Labute approximate surface area is 129 Å². The molecule has 1 amide bonds. The van der Waals surface area contributed by atoms with Gasteiger partial charge in [0.05, 0.1) is 5.56 Å². The van der Waals surface area contributed by atoms with E-state index < -0.39 is 35.2 Å². The Bertz CT molecular complexity index is 678. The summed E-state index contributed by atoms with van der Waals surface area (Å²) in [5.41, 5.74) is -1.35. The van der Waals surface area contributed by atoms with Crippen LogP contribution in [0.4, 0.5) is 18.9 Å². The molecule has 0 radical (unpaired) electrons. The maximum absolute atomic E-state index is 12.6. The van der Waals surface area contributed by atoms with Crippen molar-refractivity contribution in [2.75, 3.05) is 5.32 Å². The standard InChI is InChI=1S/C14H12F3N3O3/c1-8(13(22)23)20-12(21)9(6-18)7-19-11-4-2-3-10(5-11)14(15,16)17/h2-5,7-8,19H,1H3,(H,20,21)(H,22,23)/b9-7-. The molecule has 0 aliphatic carbocycles. The largest absolute Gasteiger partial charge is 0.480 e. The summed E-state index contributed by atoms with van der Waals surface area (Å²) in [5.74, 6) is -2.25. The minimum Gasteiger partial charge on any atom is -0.480 e. The third kappa shape index (κ3) is 5.35. The van der Waals surface area contributed by atoms with Gasteiger partial charge in [-0.1, -0.05) is 6.07 Å². The zero-order chi connectivity index (χ0) is 17.6. The summed E-state index contributed by atoms with van der Waals surface area (Å²) in [6.07, 6.45) is -3.62. The topological polar surface area (TPSA) is 102 Å². The maximum atomic E-state index is 12.6. The van der Waals surface area contributed by atoms with Gasteiger partial charge in [0.2, 0.25) is 0 Å². The van der Waals surface area contributed by atoms with Crippen molar-refractivity contribution in [3.63, 3.8) is 0 Å². The Kier molecular flexibility index (Phi) is 5.73. The highest BCUT2D eigenvalue weighted by Crippen LogP contribution is 2.30. The average molecular weight is 327 g/mol. The minimum atomic E-state index is -4.52. The van der Waals surface area contributed by atoms with Crippen LogP contribution in [0, 0.1) is 11.3 Å². The van der Waals surface area contributed by atoms with Gasteiger partial charge in [-0.3, -0.25) is 9.59 Å². The van der Waals surface area contributed by atoms with E-state index in [0.717, 1.165) is 24.4 Å². The number of anilines is 1. The fourth-order valence-corrected chi connectivity index (χ4v) is 1.43. The van der Waals surface area contributed by atoms with Gasteiger partial charge in [0.15, 0.2) is 0 Å². The normalized spacial score (nSPS) is 12.9. The molecule has 1 rings (SSSR count). The number of halogens is 3. The van der Waals surface area contributed by atoms with Crippen molar-refractivity contribution in [2.45, 2.75) is 19.1 Å². The fourth-order valence-electron chi connectivity index (χ4n) is 1.43. The van der Waals surface area contributed by atoms with E-state index in [1.165, 1.54) is 19.1 Å². The van der Waals surface area contributed by atoms with Gasteiger partial charge in [0, 0.05) is 11.9 Å². The molecule has 122 valence electrons. The number of hydrogen-bond acceptors (Lipinski definition) is 4. The second-order valence-electron chi connectivity index (χ2n) is 4.43. The summed E-state index contributed by atoms with van der Waals surface area (Å²) in [5, 5.41) is 22.0. The van der Waals surface area contributed by atoms with Crippen LogP contribution in [-0.4, -0.2) is 23.0 Å². The molecule has 0 heterocycles. The molecule has 9 heteroatoms. The molecule has 6 nitrogen and oxygen atoms in total. The number of carbonyl (C=O) groups excluding carboxylic acids is 1. The average Bonchev–Trinajstić information content (AvgIpc) is 2.47. The van der Waals surface area contributed by atoms with E-state index in [2.05, 4.69) is 10.6 Å². The highest BCUT2D eigenvalue weighted by molar-refractivity contribution is 5.99. The van der Waals surface area contributed by atoms with Crippen LogP contribution < -0.4 is 10.6 Å². The van der Waals surface area contributed by atoms with Crippen molar-refractivity contribution in [1.82, 2.24) is 5.32 Å². The molecule has 1 unspecified atom stereocenters. The molecule has 0 saturated heterocycles. The first-order chi connectivity index (χ1) is 10.6. The summed E-state index contributed by atoms with van der Waals surface area (Å²) in [7, 11) is 0. The van der Waals surface area contributed by atoms with Gasteiger partial charge >= 0.3 is 12.1 Å². The third-order valence-electron chi connectivity index (χ3n) is 2.66. The van der Waals surface area contributed by atoms with Crippen molar-refractivity contribution in [1.29, 1.82) is 5.26 Å². The van der Waals surface area contributed by atoms with Crippen LogP contribution >= 0.6 is 0 Å². The van der Waals surface area contributed by atoms with Crippen LogP contribution in [0.15, 0.2) is 36.0 Å². The molecule has 0 aliphatic rings. The third-order valence-corrected chi connectivity index (χ3v) is 2.66. The lowest BCUT2D eigenvalue weighted by atomic mass is 10.2. The molecule has 1 atom stereocenters. The lowest BCUT2D eigenvalue weighted by molar-refractivity contribution is -0.140. The molecule has 23 heavy (non-hydrogen) atoms. The molecule has 1 aromatic rings. The van der Waals surface area contributed by atoms with Gasteiger partial charge in [-0.25, -0.2) is 0 Å². The van der Waals surface area contributed by atoms with Crippen LogP contribution in [0.3, 0.4) is 0 Å². The van der Waals surface area contributed by atoms with Crippen molar-refractivity contribution < 1.29 is 27.9 Å². The first-order valence-corrected chi connectivity index (χ1v) is 6.23. The maximum Gasteiger partial charge on any atom is 0.416 e. The lowest BCUT2D eigenvalue weighted by Crippen LogP contribution is -2.39. The first kappa shape index (κ1) is 18.0. The highest BCUT2D eigenvalue weighted by atomic mass is 19.4. The van der Waals surface area contributed by atoms with Gasteiger partial charge in [-0.15, -0.1) is 0 Å². The molecular formula is C14H12F3N3O3. The van der Waals surface area contributed by atoms with Crippen LogP contribution in [0.2, 0.25) is 0 Å². The zero-order valence-electron chi connectivity index (χ0n) is 11.8. The van der Waals surface area contributed by atoms with Crippen molar-refractivity contribution in [3.05, 3.63) is 41.6 Å². The molecular weight excluding hydrogens is 315 g/mol. The number of aliphatic carboxylic acids is 1. The predicted molar refractivity (Wildman–Crippen MR) is 74.0 cm³/mol. The number of carboxylic acid groups (broad SMARTS) is 1.